The Morgan fingerprint density at radius 3 is 2.42 bits per heavy atom. The molecule has 1 aromatic heterocycles. The SMILES string of the molecule is C=CCn1c(SC(c2ccccc2)c2ccc(Cl)cc2)nnc1C1CC1. The van der Waals surface area contributed by atoms with Gasteiger partial charge in [0.25, 0.3) is 0 Å². The third kappa shape index (κ3) is 3.71. The Morgan fingerprint density at radius 1 is 1.08 bits per heavy atom. The summed E-state index contributed by atoms with van der Waals surface area (Å²) in [6.07, 6.45) is 4.33. The molecule has 0 radical (unpaired) electrons. The van der Waals surface area contributed by atoms with Gasteiger partial charge in [-0.3, -0.25) is 0 Å². The first-order valence-corrected chi connectivity index (χ1v) is 10.0. The van der Waals surface area contributed by atoms with Gasteiger partial charge in [0.15, 0.2) is 5.16 Å². The lowest BCUT2D eigenvalue weighted by atomic mass is 10.0. The highest BCUT2D eigenvalue weighted by Gasteiger charge is 2.31. The predicted molar refractivity (Wildman–Crippen MR) is 108 cm³/mol. The van der Waals surface area contributed by atoms with Gasteiger partial charge in [-0.15, -0.1) is 16.8 Å². The third-order valence-corrected chi connectivity index (χ3v) is 6.04. The Hall–Kier alpha value is -2.04. The molecule has 1 unspecified atom stereocenters. The van der Waals surface area contributed by atoms with E-state index < -0.39 is 0 Å². The zero-order chi connectivity index (χ0) is 17.9. The van der Waals surface area contributed by atoms with Crippen LogP contribution in [0.1, 0.15) is 41.0 Å². The molecule has 0 saturated heterocycles. The lowest BCUT2D eigenvalue weighted by Gasteiger charge is -2.18. The van der Waals surface area contributed by atoms with Crippen molar-refractivity contribution < 1.29 is 0 Å². The Bertz CT molecular complexity index is 885. The minimum Gasteiger partial charge on any atom is -0.302 e. The van der Waals surface area contributed by atoms with Gasteiger partial charge in [0.1, 0.15) is 5.82 Å². The molecule has 1 aliphatic rings. The summed E-state index contributed by atoms with van der Waals surface area (Å²) in [7, 11) is 0. The van der Waals surface area contributed by atoms with Crippen molar-refractivity contribution in [2.24, 2.45) is 0 Å². The number of halogens is 1. The Balaban J connectivity index is 1.71. The van der Waals surface area contributed by atoms with Gasteiger partial charge >= 0.3 is 0 Å². The van der Waals surface area contributed by atoms with Crippen molar-refractivity contribution >= 4 is 23.4 Å². The van der Waals surface area contributed by atoms with Crippen molar-refractivity contribution in [3.8, 4) is 0 Å². The third-order valence-electron chi connectivity index (χ3n) is 4.50. The number of hydrogen-bond donors (Lipinski definition) is 0. The average molecular weight is 382 g/mol. The van der Waals surface area contributed by atoms with E-state index in [1.54, 1.807) is 11.8 Å². The molecule has 3 nitrogen and oxygen atoms in total. The van der Waals surface area contributed by atoms with Crippen LogP contribution in [0.3, 0.4) is 0 Å². The molecule has 0 bridgehead atoms. The molecule has 5 heteroatoms. The van der Waals surface area contributed by atoms with Gasteiger partial charge in [-0.05, 0) is 36.1 Å². The summed E-state index contributed by atoms with van der Waals surface area (Å²) in [6, 6.07) is 18.6. The molecule has 0 aliphatic heterocycles. The summed E-state index contributed by atoms with van der Waals surface area (Å²) in [5, 5.41) is 10.8. The Labute approximate surface area is 163 Å². The van der Waals surface area contributed by atoms with Crippen molar-refractivity contribution in [1.29, 1.82) is 0 Å². The molecule has 1 atom stereocenters. The summed E-state index contributed by atoms with van der Waals surface area (Å²) in [5.41, 5.74) is 2.44. The zero-order valence-electron chi connectivity index (χ0n) is 14.4. The summed E-state index contributed by atoms with van der Waals surface area (Å²) in [5.74, 6) is 1.65. The second-order valence-corrected chi connectivity index (χ2v) is 7.98. The van der Waals surface area contributed by atoms with Crippen molar-refractivity contribution in [1.82, 2.24) is 14.8 Å². The van der Waals surface area contributed by atoms with E-state index in [9.17, 15) is 0 Å². The largest absolute Gasteiger partial charge is 0.302 e. The Kier molecular flexibility index (Phi) is 5.14. The summed E-state index contributed by atoms with van der Waals surface area (Å²) >= 11 is 7.82. The minimum atomic E-state index is 0.133. The smallest absolute Gasteiger partial charge is 0.192 e. The van der Waals surface area contributed by atoms with Crippen LogP contribution < -0.4 is 0 Å². The molecule has 0 N–H and O–H groups in total. The summed E-state index contributed by atoms with van der Waals surface area (Å²) < 4.78 is 2.21. The van der Waals surface area contributed by atoms with Crippen LogP contribution in [-0.4, -0.2) is 14.8 Å². The fourth-order valence-corrected chi connectivity index (χ4v) is 4.34. The van der Waals surface area contributed by atoms with Gasteiger partial charge in [0.05, 0.1) is 5.25 Å². The van der Waals surface area contributed by atoms with Gasteiger partial charge < -0.3 is 4.57 Å². The maximum Gasteiger partial charge on any atom is 0.192 e. The average Bonchev–Trinajstić information content (AvgIpc) is 3.44. The molecular weight excluding hydrogens is 362 g/mol. The standard InChI is InChI=1S/C21H20ClN3S/c1-2-14-25-20(17-8-9-17)23-24-21(25)26-19(15-6-4-3-5-7-15)16-10-12-18(22)13-11-16/h2-7,10-13,17,19H,1,8-9,14H2. The molecule has 1 fully saturated rings. The first-order chi connectivity index (χ1) is 12.8. The number of rotatable bonds is 7. The maximum atomic E-state index is 6.09. The van der Waals surface area contributed by atoms with Gasteiger partial charge in [-0.2, -0.15) is 0 Å². The van der Waals surface area contributed by atoms with Crippen LogP contribution in [0, 0.1) is 0 Å². The highest BCUT2D eigenvalue weighted by molar-refractivity contribution is 7.99. The van der Waals surface area contributed by atoms with Gasteiger partial charge in [-0.1, -0.05) is 71.9 Å². The number of nitrogens with zero attached hydrogens (tertiary/aromatic N) is 3. The fourth-order valence-electron chi connectivity index (χ4n) is 3.03. The molecule has 1 aliphatic carbocycles. The predicted octanol–water partition coefficient (Wildman–Crippen LogP) is 5.88. The molecule has 0 spiro atoms. The van der Waals surface area contributed by atoms with Crippen LogP contribution in [0.15, 0.2) is 72.4 Å². The quantitative estimate of drug-likeness (QED) is 0.378. The van der Waals surface area contributed by atoms with Crippen LogP contribution in [0.2, 0.25) is 5.02 Å². The minimum absolute atomic E-state index is 0.133. The first kappa shape index (κ1) is 17.4. The maximum absolute atomic E-state index is 6.09. The van der Waals surface area contributed by atoms with Crippen LogP contribution in [-0.2, 0) is 6.54 Å². The van der Waals surface area contributed by atoms with Crippen molar-refractivity contribution in [3.05, 3.63) is 89.2 Å². The van der Waals surface area contributed by atoms with E-state index in [1.807, 2.05) is 24.3 Å². The number of benzene rings is 2. The van der Waals surface area contributed by atoms with E-state index in [-0.39, 0.29) is 5.25 Å². The number of aromatic nitrogens is 3. The monoisotopic (exact) mass is 381 g/mol. The van der Waals surface area contributed by atoms with E-state index in [1.165, 1.54) is 24.0 Å². The van der Waals surface area contributed by atoms with Crippen LogP contribution in [0.5, 0.6) is 0 Å². The number of allylic oxidation sites excluding steroid dienone is 1. The van der Waals surface area contributed by atoms with E-state index in [4.69, 9.17) is 11.6 Å². The number of thioether (sulfide) groups is 1. The highest BCUT2D eigenvalue weighted by atomic mass is 35.5. The lowest BCUT2D eigenvalue weighted by molar-refractivity contribution is 0.680. The lowest BCUT2D eigenvalue weighted by Crippen LogP contribution is -2.05. The fraction of sp³-hybridized carbons (Fsp3) is 0.238. The number of hydrogen-bond acceptors (Lipinski definition) is 3. The van der Waals surface area contributed by atoms with Crippen molar-refractivity contribution in [2.75, 3.05) is 0 Å². The second kappa shape index (κ2) is 7.68. The molecule has 1 heterocycles. The van der Waals surface area contributed by atoms with Crippen molar-refractivity contribution in [2.45, 2.75) is 35.7 Å². The normalized spacial score (nSPS) is 15.0. The molecule has 0 amide bonds. The van der Waals surface area contributed by atoms with Crippen LogP contribution in [0.4, 0.5) is 0 Å². The molecule has 26 heavy (non-hydrogen) atoms. The van der Waals surface area contributed by atoms with Gasteiger partial charge in [0, 0.05) is 17.5 Å². The molecule has 4 rings (SSSR count). The van der Waals surface area contributed by atoms with E-state index in [0.29, 0.717) is 5.92 Å². The topological polar surface area (TPSA) is 30.7 Å². The molecule has 3 aromatic rings. The molecular formula is C21H20ClN3S. The highest BCUT2D eigenvalue weighted by Crippen LogP contribution is 2.43. The van der Waals surface area contributed by atoms with Crippen LogP contribution in [0.25, 0.3) is 0 Å². The van der Waals surface area contributed by atoms with E-state index >= 15 is 0 Å². The van der Waals surface area contributed by atoms with Crippen molar-refractivity contribution in [3.63, 3.8) is 0 Å². The van der Waals surface area contributed by atoms with Crippen LogP contribution >= 0.6 is 23.4 Å². The molecule has 132 valence electrons. The Morgan fingerprint density at radius 2 is 1.77 bits per heavy atom. The van der Waals surface area contributed by atoms with E-state index in [0.717, 1.165) is 22.5 Å². The van der Waals surface area contributed by atoms with Gasteiger partial charge in [-0.25, -0.2) is 0 Å². The van der Waals surface area contributed by atoms with Gasteiger partial charge in [0.2, 0.25) is 0 Å². The first-order valence-electron chi connectivity index (χ1n) is 8.77. The zero-order valence-corrected chi connectivity index (χ0v) is 16.0. The summed E-state index contributed by atoms with van der Waals surface area (Å²) in [6.45, 7) is 4.64. The molecule has 2 aromatic carbocycles. The summed E-state index contributed by atoms with van der Waals surface area (Å²) in [4.78, 5) is 0. The van der Waals surface area contributed by atoms with E-state index in [2.05, 4.69) is 57.7 Å². The molecule has 1 saturated carbocycles. The second-order valence-electron chi connectivity index (χ2n) is 6.47.